The van der Waals surface area contributed by atoms with E-state index in [-0.39, 0.29) is 0 Å². The van der Waals surface area contributed by atoms with Gasteiger partial charge in [-0.05, 0) is 36.1 Å². The minimum absolute atomic E-state index is 0.404. The standard InChI is InChI=1S/C16H28N2/c1-5-18(11-10-16(2,3)4)13-15-9-7-6-8-14(15)12-17/h6-9H,5,10-13,17H2,1-4H3. The van der Waals surface area contributed by atoms with Gasteiger partial charge in [0, 0.05) is 13.1 Å². The lowest BCUT2D eigenvalue weighted by Gasteiger charge is -2.26. The molecule has 0 aliphatic rings. The highest BCUT2D eigenvalue weighted by atomic mass is 15.1. The lowest BCUT2D eigenvalue weighted by Crippen LogP contribution is -2.27. The van der Waals surface area contributed by atoms with Crippen molar-refractivity contribution < 1.29 is 0 Å². The molecule has 0 aromatic heterocycles. The van der Waals surface area contributed by atoms with Gasteiger partial charge in [0.1, 0.15) is 0 Å². The SMILES string of the molecule is CCN(CCC(C)(C)C)Cc1ccccc1CN. The zero-order chi connectivity index (χ0) is 13.6. The van der Waals surface area contributed by atoms with Crippen LogP contribution in [0.2, 0.25) is 0 Å². The highest BCUT2D eigenvalue weighted by Crippen LogP contribution is 2.20. The van der Waals surface area contributed by atoms with Gasteiger partial charge in [-0.25, -0.2) is 0 Å². The van der Waals surface area contributed by atoms with Gasteiger partial charge in [0.15, 0.2) is 0 Å². The van der Waals surface area contributed by atoms with E-state index in [0.717, 1.165) is 19.6 Å². The molecule has 0 unspecified atom stereocenters. The zero-order valence-electron chi connectivity index (χ0n) is 12.4. The normalized spacial score (nSPS) is 12.1. The number of hydrogen-bond acceptors (Lipinski definition) is 2. The molecule has 0 spiro atoms. The van der Waals surface area contributed by atoms with Crippen molar-refractivity contribution in [3.05, 3.63) is 35.4 Å². The Kier molecular flexibility index (Phi) is 5.83. The molecule has 1 aromatic carbocycles. The molecule has 2 nitrogen and oxygen atoms in total. The van der Waals surface area contributed by atoms with Crippen molar-refractivity contribution in [1.82, 2.24) is 4.90 Å². The molecule has 0 bridgehead atoms. The molecule has 0 saturated carbocycles. The van der Waals surface area contributed by atoms with Crippen LogP contribution in [0.1, 0.15) is 45.2 Å². The maximum Gasteiger partial charge on any atom is 0.0236 e. The van der Waals surface area contributed by atoms with E-state index in [9.17, 15) is 0 Å². The summed E-state index contributed by atoms with van der Waals surface area (Å²) in [6, 6.07) is 8.50. The Morgan fingerprint density at radius 2 is 1.72 bits per heavy atom. The van der Waals surface area contributed by atoms with Gasteiger partial charge in [0.05, 0.1) is 0 Å². The molecule has 0 radical (unpaired) electrons. The topological polar surface area (TPSA) is 29.3 Å². The van der Waals surface area contributed by atoms with Crippen molar-refractivity contribution in [2.75, 3.05) is 13.1 Å². The van der Waals surface area contributed by atoms with Crippen molar-refractivity contribution >= 4 is 0 Å². The second-order valence-electron chi connectivity index (χ2n) is 6.15. The molecule has 1 rings (SSSR count). The van der Waals surface area contributed by atoms with E-state index in [1.807, 2.05) is 0 Å². The van der Waals surface area contributed by atoms with Crippen LogP contribution in [0.3, 0.4) is 0 Å². The van der Waals surface area contributed by atoms with E-state index in [1.165, 1.54) is 17.5 Å². The molecular weight excluding hydrogens is 220 g/mol. The summed E-state index contributed by atoms with van der Waals surface area (Å²) < 4.78 is 0. The summed E-state index contributed by atoms with van der Waals surface area (Å²) in [6.07, 6.45) is 1.23. The largest absolute Gasteiger partial charge is 0.326 e. The predicted molar refractivity (Wildman–Crippen MR) is 79.4 cm³/mol. The first-order valence-electron chi connectivity index (χ1n) is 6.95. The fourth-order valence-electron chi connectivity index (χ4n) is 1.99. The summed E-state index contributed by atoms with van der Waals surface area (Å²) in [6.45, 7) is 13.0. The van der Waals surface area contributed by atoms with Gasteiger partial charge in [-0.1, -0.05) is 52.0 Å². The average Bonchev–Trinajstić information content (AvgIpc) is 2.33. The maximum absolute atomic E-state index is 5.79. The Bertz CT molecular complexity index is 352. The molecular formula is C16H28N2. The molecule has 0 atom stereocenters. The molecule has 0 amide bonds. The summed E-state index contributed by atoms with van der Waals surface area (Å²) in [7, 11) is 0. The fraction of sp³-hybridized carbons (Fsp3) is 0.625. The van der Waals surface area contributed by atoms with Crippen LogP contribution in [-0.4, -0.2) is 18.0 Å². The Hall–Kier alpha value is -0.860. The van der Waals surface area contributed by atoms with Gasteiger partial charge in [-0.2, -0.15) is 0 Å². The third kappa shape index (κ3) is 5.19. The molecule has 1 aromatic rings. The molecule has 0 saturated heterocycles. The Morgan fingerprint density at radius 1 is 1.11 bits per heavy atom. The molecule has 0 fully saturated rings. The minimum atomic E-state index is 0.404. The smallest absolute Gasteiger partial charge is 0.0236 e. The summed E-state index contributed by atoms with van der Waals surface area (Å²) in [5, 5.41) is 0. The lowest BCUT2D eigenvalue weighted by molar-refractivity contribution is 0.229. The summed E-state index contributed by atoms with van der Waals surface area (Å²) >= 11 is 0. The Morgan fingerprint density at radius 3 is 2.22 bits per heavy atom. The number of hydrogen-bond donors (Lipinski definition) is 1. The van der Waals surface area contributed by atoms with Gasteiger partial charge in [-0.15, -0.1) is 0 Å². The van der Waals surface area contributed by atoms with E-state index in [4.69, 9.17) is 5.73 Å². The second kappa shape index (κ2) is 6.91. The molecule has 2 heteroatoms. The van der Waals surface area contributed by atoms with Gasteiger partial charge < -0.3 is 5.73 Å². The Balaban J connectivity index is 2.62. The van der Waals surface area contributed by atoms with E-state index in [2.05, 4.69) is 56.9 Å². The van der Waals surface area contributed by atoms with Crippen molar-refractivity contribution in [2.24, 2.45) is 11.1 Å². The van der Waals surface area contributed by atoms with Crippen molar-refractivity contribution in [3.63, 3.8) is 0 Å². The molecule has 102 valence electrons. The minimum Gasteiger partial charge on any atom is -0.326 e. The monoisotopic (exact) mass is 248 g/mol. The number of rotatable bonds is 6. The number of nitrogens with zero attached hydrogens (tertiary/aromatic N) is 1. The first-order valence-corrected chi connectivity index (χ1v) is 6.95. The molecule has 18 heavy (non-hydrogen) atoms. The quantitative estimate of drug-likeness (QED) is 0.836. The van der Waals surface area contributed by atoms with Gasteiger partial charge in [-0.3, -0.25) is 4.90 Å². The first kappa shape index (κ1) is 15.2. The first-order chi connectivity index (χ1) is 8.46. The van der Waals surface area contributed by atoms with Crippen LogP contribution >= 0.6 is 0 Å². The Labute approximate surface area is 112 Å². The van der Waals surface area contributed by atoms with Crippen LogP contribution in [0.25, 0.3) is 0 Å². The van der Waals surface area contributed by atoms with Crippen LogP contribution in [0.5, 0.6) is 0 Å². The van der Waals surface area contributed by atoms with E-state index in [0.29, 0.717) is 12.0 Å². The van der Waals surface area contributed by atoms with Crippen LogP contribution in [0.4, 0.5) is 0 Å². The third-order valence-electron chi connectivity index (χ3n) is 3.36. The second-order valence-corrected chi connectivity index (χ2v) is 6.15. The molecule has 0 aliphatic carbocycles. The summed E-state index contributed by atoms with van der Waals surface area (Å²) in [5.74, 6) is 0. The molecule has 2 N–H and O–H groups in total. The summed E-state index contributed by atoms with van der Waals surface area (Å²) in [5.41, 5.74) is 8.84. The van der Waals surface area contributed by atoms with Crippen molar-refractivity contribution in [3.8, 4) is 0 Å². The average molecular weight is 248 g/mol. The van der Waals surface area contributed by atoms with Crippen LogP contribution in [0, 0.1) is 5.41 Å². The zero-order valence-corrected chi connectivity index (χ0v) is 12.4. The van der Waals surface area contributed by atoms with Crippen LogP contribution in [0.15, 0.2) is 24.3 Å². The highest BCUT2D eigenvalue weighted by Gasteiger charge is 2.13. The van der Waals surface area contributed by atoms with Crippen molar-refractivity contribution in [1.29, 1.82) is 0 Å². The number of nitrogens with two attached hydrogens (primary N) is 1. The van der Waals surface area contributed by atoms with Gasteiger partial charge in [0.25, 0.3) is 0 Å². The predicted octanol–water partition coefficient (Wildman–Crippen LogP) is 3.40. The van der Waals surface area contributed by atoms with Crippen LogP contribution in [-0.2, 0) is 13.1 Å². The van der Waals surface area contributed by atoms with Gasteiger partial charge >= 0.3 is 0 Å². The highest BCUT2D eigenvalue weighted by molar-refractivity contribution is 5.26. The maximum atomic E-state index is 5.79. The van der Waals surface area contributed by atoms with Crippen LogP contribution < -0.4 is 5.73 Å². The van der Waals surface area contributed by atoms with E-state index in [1.54, 1.807) is 0 Å². The molecule has 0 aliphatic heterocycles. The third-order valence-corrected chi connectivity index (χ3v) is 3.36. The fourth-order valence-corrected chi connectivity index (χ4v) is 1.99. The number of benzene rings is 1. The van der Waals surface area contributed by atoms with Crippen molar-refractivity contribution in [2.45, 2.75) is 47.2 Å². The van der Waals surface area contributed by atoms with E-state index < -0.39 is 0 Å². The summed E-state index contributed by atoms with van der Waals surface area (Å²) in [4.78, 5) is 2.50. The molecule has 0 heterocycles. The van der Waals surface area contributed by atoms with E-state index >= 15 is 0 Å². The van der Waals surface area contributed by atoms with Gasteiger partial charge in [0.2, 0.25) is 0 Å². The lowest BCUT2D eigenvalue weighted by atomic mass is 9.92.